The summed E-state index contributed by atoms with van der Waals surface area (Å²) in [7, 11) is -3.81. The largest absolute Gasteiger partial charge is 0.481 e. The number of hydrogen-bond donors (Lipinski definition) is 1. The van der Waals surface area contributed by atoms with Crippen LogP contribution in [0.25, 0.3) is 0 Å². The molecule has 1 unspecified atom stereocenters. The Bertz CT molecular complexity index is 634. The first kappa shape index (κ1) is 15.2. The van der Waals surface area contributed by atoms with Crippen LogP contribution in [-0.2, 0) is 14.8 Å². The van der Waals surface area contributed by atoms with Crippen molar-refractivity contribution in [2.45, 2.75) is 24.7 Å². The second-order valence-electron chi connectivity index (χ2n) is 4.82. The number of carbonyl (C=O) groups is 1. The van der Waals surface area contributed by atoms with Crippen LogP contribution in [0.1, 0.15) is 19.8 Å². The lowest BCUT2D eigenvalue weighted by atomic mass is 9.85. The molecular weight excluding hydrogens is 304 g/mol. The zero-order chi connectivity index (χ0) is 15.0. The number of nitrogens with zero attached hydrogens (tertiary/aromatic N) is 2. The van der Waals surface area contributed by atoms with E-state index in [1.54, 1.807) is 6.92 Å². The molecule has 2 rings (SSSR count). The molecule has 110 valence electrons. The van der Waals surface area contributed by atoms with Crippen LogP contribution in [0.4, 0.5) is 0 Å². The molecule has 1 N–H and O–H groups in total. The molecule has 1 saturated heterocycles. The number of sulfonamides is 1. The van der Waals surface area contributed by atoms with Gasteiger partial charge in [-0.15, -0.1) is 0 Å². The number of hydrogen-bond acceptors (Lipinski definition) is 4. The van der Waals surface area contributed by atoms with Gasteiger partial charge in [-0.05, 0) is 25.0 Å². The van der Waals surface area contributed by atoms with Gasteiger partial charge in [0.05, 0.1) is 5.41 Å². The topological polar surface area (TPSA) is 87.6 Å². The number of carboxylic acids is 1. The smallest absolute Gasteiger partial charge is 0.311 e. The zero-order valence-electron chi connectivity index (χ0n) is 10.9. The fourth-order valence-corrected chi connectivity index (χ4v) is 4.31. The molecular formula is C12H15ClN2O4S. The lowest BCUT2D eigenvalue weighted by molar-refractivity contribution is -0.148. The van der Waals surface area contributed by atoms with Crippen molar-refractivity contribution in [2.75, 3.05) is 13.1 Å². The van der Waals surface area contributed by atoms with Gasteiger partial charge >= 0.3 is 5.97 Å². The second kappa shape index (κ2) is 5.31. The SMILES string of the molecule is CCC1(C(=O)O)CCN(S(=O)(=O)c2cccnc2Cl)C1. The number of aliphatic carboxylic acids is 1. The van der Waals surface area contributed by atoms with E-state index in [1.165, 1.54) is 22.6 Å². The highest BCUT2D eigenvalue weighted by Crippen LogP contribution is 2.37. The highest BCUT2D eigenvalue weighted by atomic mass is 35.5. The summed E-state index contributed by atoms with van der Waals surface area (Å²) in [5, 5.41) is 9.21. The Morgan fingerprint density at radius 1 is 1.60 bits per heavy atom. The summed E-state index contributed by atoms with van der Waals surface area (Å²) in [6.45, 7) is 1.89. The van der Waals surface area contributed by atoms with Gasteiger partial charge in [0.25, 0.3) is 0 Å². The van der Waals surface area contributed by atoms with Crippen LogP contribution in [0, 0.1) is 5.41 Å². The highest BCUT2D eigenvalue weighted by molar-refractivity contribution is 7.89. The number of pyridine rings is 1. The summed E-state index contributed by atoms with van der Waals surface area (Å²) in [4.78, 5) is 15.0. The van der Waals surface area contributed by atoms with Gasteiger partial charge in [-0.25, -0.2) is 13.4 Å². The van der Waals surface area contributed by atoms with Gasteiger partial charge in [0.2, 0.25) is 10.0 Å². The summed E-state index contributed by atoms with van der Waals surface area (Å²) in [6.07, 6.45) is 2.09. The van der Waals surface area contributed by atoms with Crippen molar-refractivity contribution in [3.8, 4) is 0 Å². The predicted molar refractivity (Wildman–Crippen MR) is 73.0 cm³/mol. The van der Waals surface area contributed by atoms with Gasteiger partial charge in [0.1, 0.15) is 10.0 Å². The van der Waals surface area contributed by atoms with Crippen molar-refractivity contribution in [1.29, 1.82) is 0 Å². The van der Waals surface area contributed by atoms with Crippen molar-refractivity contribution in [3.63, 3.8) is 0 Å². The van der Waals surface area contributed by atoms with Crippen molar-refractivity contribution in [2.24, 2.45) is 5.41 Å². The zero-order valence-corrected chi connectivity index (χ0v) is 12.5. The summed E-state index contributed by atoms with van der Waals surface area (Å²) in [5.41, 5.74) is -1.01. The molecule has 0 aliphatic carbocycles. The molecule has 1 aromatic heterocycles. The average molecular weight is 319 g/mol. The van der Waals surface area contributed by atoms with Gasteiger partial charge in [-0.3, -0.25) is 4.79 Å². The summed E-state index contributed by atoms with van der Waals surface area (Å²) >= 11 is 5.82. The van der Waals surface area contributed by atoms with Crippen LogP contribution >= 0.6 is 11.6 Å². The first-order valence-corrected chi connectivity index (χ1v) is 7.99. The molecule has 1 atom stereocenters. The minimum absolute atomic E-state index is 0.0353. The number of rotatable bonds is 4. The fraction of sp³-hybridized carbons (Fsp3) is 0.500. The van der Waals surface area contributed by atoms with Crippen molar-refractivity contribution >= 4 is 27.6 Å². The summed E-state index contributed by atoms with van der Waals surface area (Å²) in [5.74, 6) is -0.963. The molecule has 0 aromatic carbocycles. The lowest BCUT2D eigenvalue weighted by Crippen LogP contribution is -2.36. The Kier molecular flexibility index (Phi) is 4.04. The monoisotopic (exact) mass is 318 g/mol. The molecule has 1 aliphatic rings. The van der Waals surface area contributed by atoms with E-state index in [2.05, 4.69) is 4.98 Å². The summed E-state index contributed by atoms with van der Waals surface area (Å²) < 4.78 is 26.2. The predicted octanol–water partition coefficient (Wildman–Crippen LogP) is 1.61. The van der Waals surface area contributed by atoms with Gasteiger partial charge in [-0.1, -0.05) is 18.5 Å². The first-order chi connectivity index (χ1) is 9.33. The third kappa shape index (κ3) is 2.41. The van der Waals surface area contributed by atoms with Crippen molar-refractivity contribution in [3.05, 3.63) is 23.5 Å². The third-order valence-corrected chi connectivity index (χ3v) is 6.08. The van der Waals surface area contributed by atoms with Crippen molar-refractivity contribution in [1.82, 2.24) is 9.29 Å². The van der Waals surface area contributed by atoms with Crippen LogP contribution in [0.15, 0.2) is 23.2 Å². The van der Waals surface area contributed by atoms with Crippen LogP contribution in [0.5, 0.6) is 0 Å². The van der Waals surface area contributed by atoms with E-state index >= 15 is 0 Å². The molecule has 6 nitrogen and oxygen atoms in total. The quantitative estimate of drug-likeness (QED) is 0.852. The number of aromatic nitrogens is 1. The molecule has 20 heavy (non-hydrogen) atoms. The second-order valence-corrected chi connectivity index (χ2v) is 7.08. The molecule has 0 bridgehead atoms. The first-order valence-electron chi connectivity index (χ1n) is 6.17. The Labute approximate surface area is 122 Å². The van der Waals surface area contributed by atoms with E-state index in [1.807, 2.05) is 0 Å². The fourth-order valence-electron chi connectivity index (χ4n) is 2.36. The molecule has 0 radical (unpaired) electrons. The van der Waals surface area contributed by atoms with E-state index in [9.17, 15) is 18.3 Å². The molecule has 1 aliphatic heterocycles. The standard InChI is InChI=1S/C12H15ClN2O4S/c1-2-12(11(16)17)5-7-15(8-12)20(18,19)9-4-3-6-14-10(9)13/h3-4,6H,2,5,7-8H2,1H3,(H,16,17). The average Bonchev–Trinajstić information content (AvgIpc) is 2.85. The molecule has 0 saturated carbocycles. The van der Waals surface area contributed by atoms with E-state index in [0.717, 1.165) is 0 Å². The molecule has 1 fully saturated rings. The Hall–Kier alpha value is -1.18. The van der Waals surface area contributed by atoms with Crippen LogP contribution in [0.2, 0.25) is 5.15 Å². The van der Waals surface area contributed by atoms with Crippen LogP contribution < -0.4 is 0 Å². The molecule has 2 heterocycles. The number of carboxylic acid groups (broad SMARTS) is 1. The highest BCUT2D eigenvalue weighted by Gasteiger charge is 2.47. The van der Waals surface area contributed by atoms with Gasteiger partial charge in [0.15, 0.2) is 0 Å². The maximum absolute atomic E-state index is 12.5. The maximum Gasteiger partial charge on any atom is 0.311 e. The molecule has 0 amide bonds. The van der Waals surface area contributed by atoms with E-state index < -0.39 is 21.4 Å². The maximum atomic E-state index is 12.5. The van der Waals surface area contributed by atoms with Crippen LogP contribution in [-0.4, -0.2) is 41.9 Å². The third-order valence-electron chi connectivity index (χ3n) is 3.79. The number of halogens is 1. The van der Waals surface area contributed by atoms with E-state index in [0.29, 0.717) is 12.8 Å². The molecule has 8 heteroatoms. The lowest BCUT2D eigenvalue weighted by Gasteiger charge is -2.23. The minimum atomic E-state index is -3.81. The molecule has 0 spiro atoms. The Morgan fingerprint density at radius 3 is 2.80 bits per heavy atom. The van der Waals surface area contributed by atoms with Gasteiger partial charge in [0, 0.05) is 19.3 Å². The Morgan fingerprint density at radius 2 is 2.30 bits per heavy atom. The normalized spacial score (nSPS) is 23.9. The van der Waals surface area contributed by atoms with Crippen molar-refractivity contribution < 1.29 is 18.3 Å². The Balaban J connectivity index is 2.35. The van der Waals surface area contributed by atoms with Gasteiger partial charge < -0.3 is 5.11 Å². The van der Waals surface area contributed by atoms with E-state index in [4.69, 9.17) is 11.6 Å². The summed E-state index contributed by atoms with van der Waals surface area (Å²) in [6, 6.07) is 2.86. The molecule has 1 aromatic rings. The van der Waals surface area contributed by atoms with Crippen LogP contribution in [0.3, 0.4) is 0 Å². The minimum Gasteiger partial charge on any atom is -0.481 e. The van der Waals surface area contributed by atoms with E-state index in [-0.39, 0.29) is 23.1 Å². The van der Waals surface area contributed by atoms with Gasteiger partial charge in [-0.2, -0.15) is 4.31 Å².